The Kier molecular flexibility index (Phi) is 7.06. The molecule has 0 atom stereocenters. The number of benzene rings is 2. The number of para-hydroxylation sites is 1. The smallest absolute Gasteiger partial charge is 0.262 e. The van der Waals surface area contributed by atoms with E-state index in [-0.39, 0.29) is 24.5 Å². The minimum Gasteiger partial charge on any atom is -0.483 e. The maximum absolute atomic E-state index is 12.7. The minimum absolute atomic E-state index is 0.164. The lowest BCUT2D eigenvalue weighted by Gasteiger charge is -2.29. The number of carbonyl (C=O) groups excluding carboxylic acids is 2. The van der Waals surface area contributed by atoms with Crippen molar-refractivity contribution >= 4 is 33.4 Å². The first-order chi connectivity index (χ1) is 13.5. The van der Waals surface area contributed by atoms with Gasteiger partial charge in [-0.3, -0.25) is 9.59 Å². The number of hydrogen-bond donors (Lipinski definition) is 2. The van der Waals surface area contributed by atoms with E-state index >= 15 is 0 Å². The van der Waals surface area contributed by atoms with E-state index in [2.05, 4.69) is 38.5 Å². The maximum atomic E-state index is 12.7. The minimum atomic E-state index is -0.284. The predicted octanol–water partition coefficient (Wildman–Crippen LogP) is 3.29. The third-order valence-corrected chi connectivity index (χ3v) is 5.20. The second kappa shape index (κ2) is 9.71. The molecular weight excluding hydrogens is 422 g/mol. The Morgan fingerprint density at radius 3 is 2.50 bits per heavy atom. The van der Waals surface area contributed by atoms with E-state index in [1.54, 1.807) is 36.4 Å². The van der Waals surface area contributed by atoms with Crippen molar-refractivity contribution in [2.45, 2.75) is 18.9 Å². The SMILES string of the molecule is CN1CCC(NC(=O)c2ccccc2OCC(=O)Nc2ccc(Br)cc2)CC1. The van der Waals surface area contributed by atoms with Gasteiger partial charge in [-0.15, -0.1) is 0 Å². The number of piperidine rings is 1. The quantitative estimate of drug-likeness (QED) is 0.715. The van der Waals surface area contributed by atoms with E-state index in [0.717, 1.165) is 30.4 Å². The van der Waals surface area contributed by atoms with Crippen LogP contribution in [0.3, 0.4) is 0 Å². The Morgan fingerprint density at radius 2 is 1.79 bits per heavy atom. The van der Waals surface area contributed by atoms with Crippen molar-refractivity contribution in [1.29, 1.82) is 0 Å². The van der Waals surface area contributed by atoms with Crippen LogP contribution in [-0.2, 0) is 4.79 Å². The fourth-order valence-corrected chi connectivity index (χ4v) is 3.33. The van der Waals surface area contributed by atoms with Crippen LogP contribution in [0.25, 0.3) is 0 Å². The number of amides is 2. The number of nitrogens with zero attached hydrogens (tertiary/aromatic N) is 1. The average molecular weight is 446 g/mol. The van der Waals surface area contributed by atoms with Crippen LogP contribution >= 0.6 is 15.9 Å². The van der Waals surface area contributed by atoms with Crippen molar-refractivity contribution in [3.8, 4) is 5.75 Å². The van der Waals surface area contributed by atoms with E-state index in [4.69, 9.17) is 4.74 Å². The molecule has 2 aromatic rings. The molecule has 1 fully saturated rings. The third-order valence-electron chi connectivity index (χ3n) is 4.67. The fourth-order valence-electron chi connectivity index (χ4n) is 3.07. The molecule has 3 rings (SSSR count). The Bertz CT molecular complexity index is 818. The first-order valence-corrected chi connectivity index (χ1v) is 10.1. The van der Waals surface area contributed by atoms with Crippen LogP contribution in [0, 0.1) is 0 Å². The molecule has 2 amide bonds. The summed E-state index contributed by atoms with van der Waals surface area (Å²) in [5, 5.41) is 5.85. The van der Waals surface area contributed by atoms with Crippen molar-refractivity contribution < 1.29 is 14.3 Å². The Hall–Kier alpha value is -2.38. The standard InChI is InChI=1S/C21H24BrN3O3/c1-25-12-10-17(11-13-25)24-21(27)18-4-2-3-5-19(18)28-14-20(26)23-16-8-6-15(22)7-9-16/h2-9,17H,10-14H2,1H3,(H,23,26)(H,24,27). The molecule has 1 saturated heterocycles. The molecule has 0 spiro atoms. The summed E-state index contributed by atoms with van der Waals surface area (Å²) in [4.78, 5) is 27.1. The first kappa shape index (κ1) is 20.4. The summed E-state index contributed by atoms with van der Waals surface area (Å²) in [6.45, 7) is 1.77. The van der Waals surface area contributed by atoms with E-state index in [1.165, 1.54) is 0 Å². The largest absolute Gasteiger partial charge is 0.483 e. The van der Waals surface area contributed by atoms with Gasteiger partial charge >= 0.3 is 0 Å². The van der Waals surface area contributed by atoms with Gasteiger partial charge in [-0.25, -0.2) is 0 Å². The molecule has 148 valence electrons. The molecule has 2 aromatic carbocycles. The van der Waals surface area contributed by atoms with E-state index in [9.17, 15) is 9.59 Å². The van der Waals surface area contributed by atoms with Crippen LogP contribution in [0.2, 0.25) is 0 Å². The summed E-state index contributed by atoms with van der Waals surface area (Å²) in [5.74, 6) is -0.0507. The second-order valence-electron chi connectivity index (χ2n) is 6.89. The molecular formula is C21H24BrN3O3. The van der Waals surface area contributed by atoms with Crippen LogP contribution in [0.5, 0.6) is 5.75 Å². The van der Waals surface area contributed by atoms with Crippen LogP contribution < -0.4 is 15.4 Å². The summed E-state index contributed by atoms with van der Waals surface area (Å²) >= 11 is 3.36. The highest BCUT2D eigenvalue weighted by atomic mass is 79.9. The molecule has 0 radical (unpaired) electrons. The Labute approximate surface area is 173 Å². The number of hydrogen-bond acceptors (Lipinski definition) is 4. The number of likely N-dealkylation sites (tertiary alicyclic amines) is 1. The van der Waals surface area contributed by atoms with Crippen molar-refractivity contribution in [2.24, 2.45) is 0 Å². The van der Waals surface area contributed by atoms with E-state index < -0.39 is 0 Å². The van der Waals surface area contributed by atoms with Crippen molar-refractivity contribution in [3.05, 3.63) is 58.6 Å². The lowest BCUT2D eigenvalue weighted by atomic mass is 10.0. The molecule has 0 aromatic heterocycles. The number of anilines is 1. The molecule has 1 heterocycles. The van der Waals surface area contributed by atoms with Crippen LogP contribution in [0.4, 0.5) is 5.69 Å². The van der Waals surface area contributed by atoms with Gasteiger partial charge in [0.2, 0.25) is 0 Å². The normalized spacial score (nSPS) is 15.1. The van der Waals surface area contributed by atoms with Gasteiger partial charge in [-0.2, -0.15) is 0 Å². The van der Waals surface area contributed by atoms with Crippen molar-refractivity contribution in [2.75, 3.05) is 32.1 Å². The summed E-state index contributed by atoms with van der Waals surface area (Å²) < 4.78 is 6.57. The van der Waals surface area contributed by atoms with Gasteiger partial charge in [0, 0.05) is 16.2 Å². The number of rotatable bonds is 6. The van der Waals surface area contributed by atoms with Crippen molar-refractivity contribution in [1.82, 2.24) is 10.2 Å². The number of ether oxygens (including phenoxy) is 1. The van der Waals surface area contributed by atoms with Gasteiger partial charge in [0.15, 0.2) is 6.61 Å². The van der Waals surface area contributed by atoms with Crippen LogP contribution in [0.15, 0.2) is 53.0 Å². The van der Waals surface area contributed by atoms with E-state index in [0.29, 0.717) is 17.0 Å². The zero-order valence-electron chi connectivity index (χ0n) is 15.8. The molecule has 1 aliphatic heterocycles. The average Bonchev–Trinajstić information content (AvgIpc) is 2.70. The van der Waals surface area contributed by atoms with Crippen LogP contribution in [0.1, 0.15) is 23.2 Å². The maximum Gasteiger partial charge on any atom is 0.262 e. The molecule has 2 N–H and O–H groups in total. The van der Waals surface area contributed by atoms with Gasteiger partial charge in [-0.05, 0) is 69.4 Å². The van der Waals surface area contributed by atoms with Gasteiger partial charge < -0.3 is 20.3 Å². The molecule has 0 saturated carbocycles. The highest BCUT2D eigenvalue weighted by molar-refractivity contribution is 9.10. The molecule has 0 unspecified atom stereocenters. The molecule has 6 nitrogen and oxygen atoms in total. The van der Waals surface area contributed by atoms with Gasteiger partial charge in [0.25, 0.3) is 11.8 Å². The summed E-state index contributed by atoms with van der Waals surface area (Å²) in [5.41, 5.74) is 1.13. The summed E-state index contributed by atoms with van der Waals surface area (Å²) in [6, 6.07) is 14.4. The topological polar surface area (TPSA) is 70.7 Å². The predicted molar refractivity (Wildman–Crippen MR) is 113 cm³/mol. The molecule has 1 aliphatic rings. The molecule has 28 heavy (non-hydrogen) atoms. The lowest BCUT2D eigenvalue weighted by molar-refractivity contribution is -0.118. The number of halogens is 1. The first-order valence-electron chi connectivity index (χ1n) is 9.28. The Morgan fingerprint density at radius 1 is 1.11 bits per heavy atom. The van der Waals surface area contributed by atoms with E-state index in [1.807, 2.05) is 12.1 Å². The van der Waals surface area contributed by atoms with Crippen LogP contribution in [-0.4, -0.2) is 49.5 Å². The van der Waals surface area contributed by atoms with Gasteiger partial charge in [0.1, 0.15) is 5.75 Å². The molecule has 0 bridgehead atoms. The zero-order valence-corrected chi connectivity index (χ0v) is 17.4. The fraction of sp³-hybridized carbons (Fsp3) is 0.333. The van der Waals surface area contributed by atoms with Crippen molar-refractivity contribution in [3.63, 3.8) is 0 Å². The number of nitrogens with one attached hydrogen (secondary N) is 2. The Balaban J connectivity index is 1.56. The summed E-state index contributed by atoms with van der Waals surface area (Å²) in [7, 11) is 2.08. The monoisotopic (exact) mass is 445 g/mol. The summed E-state index contributed by atoms with van der Waals surface area (Å²) in [6.07, 6.45) is 1.86. The highest BCUT2D eigenvalue weighted by Crippen LogP contribution is 2.19. The third kappa shape index (κ3) is 5.81. The lowest BCUT2D eigenvalue weighted by Crippen LogP contribution is -2.43. The second-order valence-corrected chi connectivity index (χ2v) is 7.81. The molecule has 0 aliphatic carbocycles. The van der Waals surface area contributed by atoms with Gasteiger partial charge in [-0.1, -0.05) is 28.1 Å². The molecule has 7 heteroatoms. The highest BCUT2D eigenvalue weighted by Gasteiger charge is 2.21. The van der Waals surface area contributed by atoms with Gasteiger partial charge in [0.05, 0.1) is 5.56 Å². The zero-order chi connectivity index (χ0) is 19.9. The number of carbonyl (C=O) groups is 2.